The van der Waals surface area contributed by atoms with Gasteiger partial charge in [-0.05, 0) is 24.3 Å². The van der Waals surface area contributed by atoms with Gasteiger partial charge in [-0.25, -0.2) is 13.4 Å². The Morgan fingerprint density at radius 3 is 2.42 bits per heavy atom. The van der Waals surface area contributed by atoms with E-state index in [1.807, 2.05) is 6.07 Å². The van der Waals surface area contributed by atoms with E-state index in [1.165, 1.54) is 18.4 Å². The van der Waals surface area contributed by atoms with E-state index in [0.717, 1.165) is 0 Å². The topological polar surface area (TPSA) is 131 Å². The fraction of sp³-hybridized carbons (Fsp3) is 0. The number of nitrogens with zero attached hydrogens (tertiary/aromatic N) is 1. The van der Waals surface area contributed by atoms with Gasteiger partial charge in [-0.3, -0.25) is 14.8 Å². The van der Waals surface area contributed by atoms with Crippen LogP contribution in [0, 0.1) is 0 Å². The second kappa shape index (κ2) is 10.5. The summed E-state index contributed by atoms with van der Waals surface area (Å²) in [4.78, 5) is 15.7. The number of hydrogen-bond donors (Lipinski definition) is 3. The first-order chi connectivity index (χ1) is 10.7. The number of carbonyl (C=O) groups excluding carboxylic acids is 1. The number of Topliss-reactive ketones (excluding diaryl/α,β-unsaturated/α-hetero) is 1. The van der Waals surface area contributed by atoms with E-state index >= 15 is 0 Å². The molecule has 0 atom stereocenters. The van der Waals surface area contributed by atoms with Gasteiger partial charge in [0.05, 0.1) is 5.03 Å². The first kappa shape index (κ1) is 22.6. The normalized spacial score (nSPS) is 15.3. The third kappa shape index (κ3) is 9.68. The first-order valence-corrected chi connectivity index (χ1v) is 7.89. The molecule has 130 valence electrons. The SMILES string of the molecule is O=C1C(Cl)=CC(Cl)=C/C1=C/NNc1ccccn1.O=S(=O)([O-])O.[Fe+2]. The van der Waals surface area contributed by atoms with Crippen LogP contribution in [0.2, 0.25) is 0 Å². The van der Waals surface area contributed by atoms with Crippen LogP contribution in [0.1, 0.15) is 0 Å². The maximum atomic E-state index is 11.7. The molecule has 0 saturated carbocycles. The second-order valence-corrected chi connectivity index (χ2v) is 5.56. The van der Waals surface area contributed by atoms with Crippen molar-refractivity contribution in [1.82, 2.24) is 10.4 Å². The van der Waals surface area contributed by atoms with E-state index in [0.29, 0.717) is 16.4 Å². The number of carbonyl (C=O) groups is 1. The number of ketones is 1. The largest absolute Gasteiger partial charge is 2.00 e. The molecule has 0 aliphatic heterocycles. The minimum Gasteiger partial charge on any atom is -0.726 e. The van der Waals surface area contributed by atoms with Crippen molar-refractivity contribution in [2.75, 3.05) is 5.43 Å². The Balaban J connectivity index is 0.000000777. The molecule has 0 saturated heterocycles. The predicted molar refractivity (Wildman–Crippen MR) is 84.3 cm³/mol. The van der Waals surface area contributed by atoms with Gasteiger partial charge in [0.15, 0.2) is 0 Å². The zero-order valence-electron chi connectivity index (χ0n) is 11.6. The molecule has 0 aromatic carbocycles. The Hall–Kier alpha value is -1.39. The van der Waals surface area contributed by atoms with Crippen molar-refractivity contribution in [3.63, 3.8) is 0 Å². The van der Waals surface area contributed by atoms with Gasteiger partial charge in [-0.15, -0.1) is 0 Å². The molecule has 0 unspecified atom stereocenters. The number of hydrazine groups is 1. The van der Waals surface area contributed by atoms with Crippen molar-refractivity contribution in [1.29, 1.82) is 0 Å². The summed E-state index contributed by atoms with van der Waals surface area (Å²) < 4.78 is 32.8. The molecule has 0 bridgehead atoms. The van der Waals surface area contributed by atoms with Gasteiger partial charge in [-0.2, -0.15) is 0 Å². The third-order valence-electron chi connectivity index (χ3n) is 2.13. The Kier molecular flexibility index (Phi) is 9.86. The molecule has 1 aliphatic carbocycles. The maximum absolute atomic E-state index is 11.7. The number of allylic oxidation sites excluding steroid dienone is 5. The van der Waals surface area contributed by atoms with Crippen LogP contribution >= 0.6 is 23.2 Å². The number of halogens is 2. The van der Waals surface area contributed by atoms with Crippen molar-refractivity contribution in [2.45, 2.75) is 0 Å². The zero-order chi connectivity index (χ0) is 17.5. The molecular formula is C12H10Cl2FeN3O5S+. The van der Waals surface area contributed by atoms with E-state index in [-0.39, 0.29) is 27.9 Å². The number of hydrogen-bond acceptors (Lipinski definition) is 7. The van der Waals surface area contributed by atoms with Crippen LogP contribution in [-0.2, 0) is 32.3 Å². The molecule has 24 heavy (non-hydrogen) atoms. The van der Waals surface area contributed by atoms with Gasteiger partial charge in [0, 0.05) is 23.0 Å². The summed E-state index contributed by atoms with van der Waals surface area (Å²) in [7, 11) is -4.92. The molecule has 0 amide bonds. The van der Waals surface area contributed by atoms with Crippen molar-refractivity contribution in [3.8, 4) is 0 Å². The molecular weight excluding hydrogens is 425 g/mol. The van der Waals surface area contributed by atoms with E-state index in [4.69, 9.17) is 40.7 Å². The Labute approximate surface area is 158 Å². The van der Waals surface area contributed by atoms with Crippen LogP contribution < -0.4 is 10.9 Å². The van der Waals surface area contributed by atoms with Gasteiger partial charge in [0.2, 0.25) is 16.2 Å². The quantitative estimate of drug-likeness (QED) is 0.215. The number of nitrogens with one attached hydrogen (secondary N) is 2. The van der Waals surface area contributed by atoms with E-state index in [2.05, 4.69) is 15.8 Å². The number of aromatic nitrogens is 1. The van der Waals surface area contributed by atoms with Gasteiger partial charge in [0.1, 0.15) is 5.82 Å². The van der Waals surface area contributed by atoms with Crippen molar-refractivity contribution < 1.29 is 39.4 Å². The van der Waals surface area contributed by atoms with Crippen LogP contribution in [0.15, 0.2) is 58.4 Å². The minimum absolute atomic E-state index is 0. The summed E-state index contributed by atoms with van der Waals surface area (Å²) in [5.41, 5.74) is 5.95. The molecule has 2 rings (SSSR count). The van der Waals surface area contributed by atoms with Crippen LogP contribution in [0.25, 0.3) is 0 Å². The molecule has 12 heteroatoms. The number of rotatable bonds is 3. The summed E-state index contributed by atoms with van der Waals surface area (Å²) in [5.74, 6) is 0.353. The van der Waals surface area contributed by atoms with Crippen LogP contribution in [0.5, 0.6) is 0 Å². The van der Waals surface area contributed by atoms with Crippen molar-refractivity contribution >= 4 is 45.2 Å². The van der Waals surface area contributed by atoms with Gasteiger partial charge >= 0.3 is 17.1 Å². The van der Waals surface area contributed by atoms with E-state index in [9.17, 15) is 4.79 Å². The Morgan fingerprint density at radius 1 is 1.25 bits per heavy atom. The van der Waals surface area contributed by atoms with E-state index < -0.39 is 10.4 Å². The van der Waals surface area contributed by atoms with Crippen molar-refractivity contribution in [2.24, 2.45) is 0 Å². The standard InChI is InChI=1S/C12H9Cl2N3O.Fe.H2O4S/c13-9-5-8(12(18)10(14)6-9)7-16-17-11-3-1-2-4-15-11;;1-5(2,3)4/h1-7,16H,(H,15,17);;(H2,1,2,3,4)/q;+2;/p-1/b8-7-;;. The number of pyridine rings is 1. The molecule has 3 N–H and O–H groups in total. The average Bonchev–Trinajstić information content (AvgIpc) is 2.43. The second-order valence-electron chi connectivity index (χ2n) is 3.86. The molecule has 1 aromatic heterocycles. The number of anilines is 1. The molecule has 1 aliphatic rings. The third-order valence-corrected chi connectivity index (χ3v) is 2.63. The fourth-order valence-corrected chi connectivity index (χ4v) is 1.82. The molecule has 0 radical (unpaired) electrons. The summed E-state index contributed by atoms with van der Waals surface area (Å²) in [6, 6.07) is 5.43. The molecule has 1 heterocycles. The molecule has 1 aromatic rings. The van der Waals surface area contributed by atoms with Gasteiger partial charge < -0.3 is 9.98 Å². The summed E-state index contributed by atoms with van der Waals surface area (Å²) >= 11 is 11.6. The fourth-order valence-electron chi connectivity index (χ4n) is 1.31. The zero-order valence-corrected chi connectivity index (χ0v) is 15.0. The monoisotopic (exact) mass is 434 g/mol. The summed E-state index contributed by atoms with van der Waals surface area (Å²) in [6.07, 6.45) is 6.08. The summed E-state index contributed by atoms with van der Waals surface area (Å²) in [6.45, 7) is 0. The van der Waals surface area contributed by atoms with Crippen LogP contribution in [-0.4, -0.2) is 28.3 Å². The maximum Gasteiger partial charge on any atom is 2.00 e. The Bertz CT molecular complexity index is 758. The van der Waals surface area contributed by atoms with Crippen LogP contribution in [0.4, 0.5) is 5.82 Å². The molecule has 0 spiro atoms. The van der Waals surface area contributed by atoms with Gasteiger partial charge in [-0.1, -0.05) is 29.3 Å². The smallest absolute Gasteiger partial charge is 0.726 e. The van der Waals surface area contributed by atoms with Gasteiger partial charge in [0.25, 0.3) is 0 Å². The molecule has 8 nitrogen and oxygen atoms in total. The van der Waals surface area contributed by atoms with E-state index in [1.54, 1.807) is 18.3 Å². The molecule has 0 fully saturated rings. The predicted octanol–water partition coefficient (Wildman–Crippen LogP) is 1.71. The summed E-state index contributed by atoms with van der Waals surface area (Å²) in [5, 5.41) is 0.499. The van der Waals surface area contributed by atoms with Crippen LogP contribution in [0.3, 0.4) is 0 Å². The average molecular weight is 435 g/mol. The Morgan fingerprint density at radius 2 is 1.88 bits per heavy atom. The first-order valence-electron chi connectivity index (χ1n) is 5.77. The van der Waals surface area contributed by atoms with Crippen molar-refractivity contribution in [3.05, 3.63) is 58.4 Å². The minimum atomic E-state index is -4.92.